The summed E-state index contributed by atoms with van der Waals surface area (Å²) in [7, 11) is 4.88. The number of benzene rings is 1. The molecule has 1 heterocycles. The number of amides is 2. The zero-order valence-corrected chi connectivity index (χ0v) is 15.7. The molecule has 0 aromatic heterocycles. The average molecular weight is 358 g/mol. The van der Waals surface area contributed by atoms with E-state index < -0.39 is 0 Å². The zero-order chi connectivity index (χ0) is 18.9. The third-order valence-corrected chi connectivity index (χ3v) is 5.64. The van der Waals surface area contributed by atoms with Gasteiger partial charge in [-0.05, 0) is 55.0 Å². The Morgan fingerprint density at radius 2 is 1.92 bits per heavy atom. The van der Waals surface area contributed by atoms with E-state index in [4.69, 9.17) is 9.47 Å². The van der Waals surface area contributed by atoms with Gasteiger partial charge in [-0.15, -0.1) is 0 Å². The first-order valence-corrected chi connectivity index (χ1v) is 8.90. The molecule has 140 valence electrons. The molecule has 0 radical (unpaired) electrons. The molecule has 1 aliphatic heterocycles. The topological polar surface area (TPSA) is 59.1 Å². The van der Waals surface area contributed by atoms with Crippen molar-refractivity contribution in [3.8, 4) is 11.5 Å². The molecule has 1 aliphatic carbocycles. The molecule has 1 fully saturated rings. The fourth-order valence-corrected chi connectivity index (χ4v) is 4.09. The smallest absolute Gasteiger partial charge is 0.246 e. The number of likely N-dealkylation sites (N-methyl/N-ethyl adjacent to an activating group) is 1. The lowest BCUT2D eigenvalue weighted by molar-refractivity contribution is -0.147. The molecule has 0 N–H and O–H groups in total. The second-order valence-electron chi connectivity index (χ2n) is 6.94. The Kier molecular flexibility index (Phi) is 4.94. The van der Waals surface area contributed by atoms with Gasteiger partial charge in [-0.2, -0.15) is 0 Å². The summed E-state index contributed by atoms with van der Waals surface area (Å²) in [6.07, 6.45) is 4.94. The van der Waals surface area contributed by atoms with E-state index in [-0.39, 0.29) is 23.9 Å². The Hall–Kier alpha value is -2.50. The highest BCUT2D eigenvalue weighted by Crippen LogP contribution is 2.52. The van der Waals surface area contributed by atoms with Crippen LogP contribution < -0.4 is 9.47 Å². The minimum Gasteiger partial charge on any atom is -0.493 e. The van der Waals surface area contributed by atoms with Gasteiger partial charge in [-0.3, -0.25) is 9.59 Å². The SMILES string of the molecule is C=CC(=O)N(C)CC(=O)N1CCc2cc(OC)c(OC)cc2C12CCC2. The van der Waals surface area contributed by atoms with Crippen molar-refractivity contribution in [2.45, 2.75) is 31.2 Å². The van der Waals surface area contributed by atoms with E-state index in [9.17, 15) is 9.59 Å². The number of nitrogens with zero attached hydrogens (tertiary/aromatic N) is 2. The summed E-state index contributed by atoms with van der Waals surface area (Å²) in [5.74, 6) is 1.13. The summed E-state index contributed by atoms with van der Waals surface area (Å²) in [5, 5.41) is 0. The largest absolute Gasteiger partial charge is 0.493 e. The average Bonchev–Trinajstić information content (AvgIpc) is 2.63. The van der Waals surface area contributed by atoms with Gasteiger partial charge in [-0.1, -0.05) is 6.58 Å². The third kappa shape index (κ3) is 2.83. The molecule has 0 bridgehead atoms. The molecular formula is C20H26N2O4. The fourth-order valence-electron chi connectivity index (χ4n) is 4.09. The van der Waals surface area contributed by atoms with Gasteiger partial charge in [0.25, 0.3) is 0 Å². The van der Waals surface area contributed by atoms with Crippen molar-refractivity contribution < 1.29 is 19.1 Å². The standard InChI is InChI=1S/C20H26N2O4/c1-5-18(23)21(2)13-19(24)22-10-7-14-11-16(25-3)17(26-4)12-15(14)20(22)8-6-9-20/h5,11-12H,1,6-10,13H2,2-4H3. The van der Waals surface area contributed by atoms with E-state index in [0.717, 1.165) is 37.0 Å². The molecule has 3 rings (SSSR count). The summed E-state index contributed by atoms with van der Waals surface area (Å²) in [6, 6.07) is 4.05. The van der Waals surface area contributed by atoms with Crippen LogP contribution in [0.25, 0.3) is 0 Å². The van der Waals surface area contributed by atoms with Gasteiger partial charge in [0.1, 0.15) is 0 Å². The van der Waals surface area contributed by atoms with Gasteiger partial charge in [-0.25, -0.2) is 0 Å². The number of hydrogen-bond donors (Lipinski definition) is 0. The molecule has 1 aromatic carbocycles. The van der Waals surface area contributed by atoms with Gasteiger partial charge < -0.3 is 19.3 Å². The molecule has 6 heteroatoms. The number of ether oxygens (including phenoxy) is 2. The number of methoxy groups -OCH3 is 2. The fraction of sp³-hybridized carbons (Fsp3) is 0.500. The first-order chi connectivity index (χ1) is 12.5. The van der Waals surface area contributed by atoms with Crippen LogP contribution in [0.3, 0.4) is 0 Å². The van der Waals surface area contributed by atoms with E-state index >= 15 is 0 Å². The molecule has 1 spiro atoms. The molecule has 0 unspecified atom stereocenters. The van der Waals surface area contributed by atoms with Gasteiger partial charge >= 0.3 is 0 Å². The first-order valence-electron chi connectivity index (χ1n) is 8.90. The Labute approximate surface area is 154 Å². The molecule has 1 aromatic rings. The Bertz CT molecular complexity index is 740. The van der Waals surface area contributed by atoms with Crippen molar-refractivity contribution in [2.24, 2.45) is 0 Å². The minimum atomic E-state index is -0.289. The predicted molar refractivity (Wildman–Crippen MR) is 98.3 cm³/mol. The highest BCUT2D eigenvalue weighted by Gasteiger charge is 2.49. The molecule has 1 saturated carbocycles. The van der Waals surface area contributed by atoms with Gasteiger partial charge in [0.2, 0.25) is 11.8 Å². The van der Waals surface area contributed by atoms with Crippen molar-refractivity contribution >= 4 is 11.8 Å². The molecule has 26 heavy (non-hydrogen) atoms. The molecule has 0 atom stereocenters. The van der Waals surface area contributed by atoms with Crippen LogP contribution in [0.1, 0.15) is 30.4 Å². The Balaban J connectivity index is 1.93. The second kappa shape index (κ2) is 7.02. The number of carbonyl (C=O) groups excluding carboxylic acids is 2. The summed E-state index contributed by atoms with van der Waals surface area (Å²) < 4.78 is 10.9. The van der Waals surface area contributed by atoms with Crippen LogP contribution in [0.2, 0.25) is 0 Å². The highest BCUT2D eigenvalue weighted by molar-refractivity contribution is 5.91. The zero-order valence-electron chi connectivity index (χ0n) is 15.7. The van der Waals surface area contributed by atoms with Crippen LogP contribution in [0.15, 0.2) is 24.8 Å². The van der Waals surface area contributed by atoms with Crippen LogP contribution in [0, 0.1) is 0 Å². The van der Waals surface area contributed by atoms with Crippen LogP contribution in [-0.2, 0) is 21.5 Å². The highest BCUT2D eigenvalue weighted by atomic mass is 16.5. The van der Waals surface area contributed by atoms with Gasteiger partial charge in [0.15, 0.2) is 11.5 Å². The van der Waals surface area contributed by atoms with Crippen molar-refractivity contribution in [1.29, 1.82) is 0 Å². The molecule has 2 aliphatic rings. The first kappa shape index (κ1) is 18.3. The van der Waals surface area contributed by atoms with Crippen molar-refractivity contribution in [3.05, 3.63) is 35.9 Å². The number of carbonyl (C=O) groups is 2. The van der Waals surface area contributed by atoms with Crippen LogP contribution in [0.4, 0.5) is 0 Å². The monoisotopic (exact) mass is 358 g/mol. The van der Waals surface area contributed by atoms with Crippen LogP contribution in [0.5, 0.6) is 11.5 Å². The third-order valence-electron chi connectivity index (χ3n) is 5.64. The van der Waals surface area contributed by atoms with Crippen molar-refractivity contribution in [3.63, 3.8) is 0 Å². The van der Waals surface area contributed by atoms with E-state index in [1.165, 1.54) is 16.5 Å². The van der Waals surface area contributed by atoms with Crippen molar-refractivity contribution in [1.82, 2.24) is 9.80 Å². The quantitative estimate of drug-likeness (QED) is 0.757. The van der Waals surface area contributed by atoms with Crippen LogP contribution in [-0.4, -0.2) is 56.0 Å². The van der Waals surface area contributed by atoms with Crippen LogP contribution >= 0.6 is 0 Å². The second-order valence-corrected chi connectivity index (χ2v) is 6.94. The molecular weight excluding hydrogens is 332 g/mol. The van der Waals surface area contributed by atoms with E-state index in [0.29, 0.717) is 12.3 Å². The minimum absolute atomic E-state index is 0.0252. The number of rotatable bonds is 5. The Morgan fingerprint density at radius 1 is 1.27 bits per heavy atom. The maximum Gasteiger partial charge on any atom is 0.246 e. The summed E-state index contributed by atoms with van der Waals surface area (Å²) in [5.41, 5.74) is 2.07. The lowest BCUT2D eigenvalue weighted by Crippen LogP contribution is -2.59. The van der Waals surface area contributed by atoms with E-state index in [2.05, 4.69) is 6.58 Å². The number of hydrogen-bond acceptors (Lipinski definition) is 4. The van der Waals surface area contributed by atoms with Gasteiger partial charge in [0.05, 0.1) is 26.3 Å². The predicted octanol–water partition coefficient (Wildman–Crippen LogP) is 2.11. The summed E-state index contributed by atoms with van der Waals surface area (Å²) in [4.78, 5) is 28.1. The lowest BCUT2D eigenvalue weighted by atomic mass is 9.66. The van der Waals surface area contributed by atoms with Gasteiger partial charge in [0, 0.05) is 13.6 Å². The van der Waals surface area contributed by atoms with E-state index in [1.54, 1.807) is 21.3 Å². The molecule has 0 saturated heterocycles. The Morgan fingerprint density at radius 3 is 2.46 bits per heavy atom. The normalized spacial score (nSPS) is 17.1. The maximum absolute atomic E-state index is 13.0. The summed E-state index contributed by atoms with van der Waals surface area (Å²) in [6.45, 7) is 4.20. The maximum atomic E-state index is 13.0. The molecule has 2 amide bonds. The molecule has 6 nitrogen and oxygen atoms in total. The number of fused-ring (bicyclic) bond motifs is 2. The van der Waals surface area contributed by atoms with E-state index in [1.807, 2.05) is 17.0 Å². The lowest BCUT2D eigenvalue weighted by Gasteiger charge is -2.54. The summed E-state index contributed by atoms with van der Waals surface area (Å²) >= 11 is 0. The van der Waals surface area contributed by atoms with Crippen molar-refractivity contribution in [2.75, 3.05) is 34.4 Å².